The fourth-order valence-corrected chi connectivity index (χ4v) is 2.22. The van der Waals surface area contributed by atoms with E-state index in [9.17, 15) is 8.42 Å². The van der Waals surface area contributed by atoms with Gasteiger partial charge in [0.05, 0.1) is 31.9 Å². The van der Waals surface area contributed by atoms with Gasteiger partial charge in [-0.2, -0.15) is 8.42 Å². The zero-order chi connectivity index (χ0) is 11.2. The van der Waals surface area contributed by atoms with Crippen molar-refractivity contribution in [1.29, 1.82) is 0 Å². The Kier molecular flexibility index (Phi) is 8.23. The van der Waals surface area contributed by atoms with Crippen LogP contribution in [-0.4, -0.2) is 54.9 Å². The predicted molar refractivity (Wildman–Crippen MR) is 59.7 cm³/mol. The van der Waals surface area contributed by atoms with E-state index in [4.69, 9.17) is 4.55 Å². The Bertz CT molecular complexity index is 239. The van der Waals surface area contributed by atoms with E-state index in [1.165, 1.54) is 0 Å². The van der Waals surface area contributed by atoms with Crippen LogP contribution < -0.4 is 0 Å². The lowest BCUT2D eigenvalue weighted by molar-refractivity contribution is -0.923. The fourth-order valence-electron chi connectivity index (χ4n) is 1.73. The lowest BCUT2D eigenvalue weighted by Gasteiger charge is -2.35. The molecule has 0 amide bonds. The minimum Gasteiger partial charge on any atom is -0.870 e. The van der Waals surface area contributed by atoms with E-state index >= 15 is 0 Å². The molecule has 5 nitrogen and oxygen atoms in total. The summed E-state index contributed by atoms with van der Waals surface area (Å²) in [6, 6.07) is 0. The third-order valence-corrected chi connectivity index (χ3v) is 3.85. The summed E-state index contributed by atoms with van der Waals surface area (Å²) in [5.41, 5.74) is 0. The Balaban J connectivity index is 0. The van der Waals surface area contributed by atoms with Crippen LogP contribution in [0.5, 0.6) is 0 Å². The Labute approximate surface area is 92.7 Å². The van der Waals surface area contributed by atoms with Crippen LogP contribution in [0.3, 0.4) is 0 Å². The number of hydrogen-bond donors (Lipinski definition) is 1. The molecule has 0 saturated heterocycles. The summed E-state index contributed by atoms with van der Waals surface area (Å²) < 4.78 is 30.6. The Morgan fingerprint density at radius 3 is 1.73 bits per heavy atom. The molecule has 0 aliphatic rings. The monoisotopic (exact) mass is 241 g/mol. The van der Waals surface area contributed by atoms with Crippen LogP contribution in [0.4, 0.5) is 0 Å². The van der Waals surface area contributed by atoms with Gasteiger partial charge < -0.3 is 9.96 Å². The van der Waals surface area contributed by atoms with Gasteiger partial charge in [-0.3, -0.25) is 4.55 Å². The molecule has 0 aromatic carbocycles. The molecule has 0 spiro atoms. The molecule has 0 radical (unpaired) electrons. The van der Waals surface area contributed by atoms with Crippen molar-refractivity contribution in [3.05, 3.63) is 0 Å². The lowest BCUT2D eigenvalue weighted by Crippen LogP contribution is -2.48. The molecule has 0 aromatic heterocycles. The maximum Gasteiger partial charge on any atom is 0.265 e. The van der Waals surface area contributed by atoms with E-state index in [0.717, 1.165) is 30.7 Å². The van der Waals surface area contributed by atoms with E-state index < -0.39 is 10.1 Å². The van der Waals surface area contributed by atoms with Gasteiger partial charge in [0.15, 0.2) is 0 Å². The molecule has 0 unspecified atom stereocenters. The molecule has 6 heteroatoms. The Morgan fingerprint density at radius 1 is 1.07 bits per heavy atom. The molecular formula is C9H23NO4S. The van der Waals surface area contributed by atoms with Gasteiger partial charge in [-0.15, -0.1) is 0 Å². The molecular weight excluding hydrogens is 218 g/mol. The number of nitrogens with zero attached hydrogens (tertiary/aromatic N) is 1. The molecule has 0 rings (SSSR count). The van der Waals surface area contributed by atoms with E-state index in [-0.39, 0.29) is 11.2 Å². The summed E-state index contributed by atoms with van der Waals surface area (Å²) in [7, 11) is -3.78. The zero-order valence-corrected chi connectivity index (χ0v) is 10.6. The van der Waals surface area contributed by atoms with Gasteiger partial charge in [-0.1, -0.05) is 0 Å². The molecule has 0 fully saturated rings. The largest absolute Gasteiger partial charge is 0.870 e. The van der Waals surface area contributed by atoms with Gasteiger partial charge in [-0.05, 0) is 20.8 Å². The SMILES string of the molecule is CC[N+](CC)(CC)CCCS(=O)(=O)O.[OH-]. The molecule has 0 heterocycles. The molecule has 0 aliphatic carbocycles. The average Bonchev–Trinajstić information content (AvgIpc) is 2.11. The lowest BCUT2D eigenvalue weighted by atomic mass is 10.3. The predicted octanol–water partition coefficient (Wildman–Crippen LogP) is 0.964. The fraction of sp³-hybridized carbons (Fsp3) is 1.00. The van der Waals surface area contributed by atoms with Crippen LogP contribution in [-0.2, 0) is 10.1 Å². The maximum atomic E-state index is 10.5. The van der Waals surface area contributed by atoms with Crippen LogP contribution >= 0.6 is 0 Å². The van der Waals surface area contributed by atoms with Crippen molar-refractivity contribution in [1.82, 2.24) is 0 Å². The first kappa shape index (κ1) is 17.2. The number of hydrogen-bond acceptors (Lipinski definition) is 3. The number of quaternary nitrogens is 1. The maximum absolute atomic E-state index is 10.5. The molecule has 0 saturated carbocycles. The second-order valence-corrected chi connectivity index (χ2v) is 5.23. The van der Waals surface area contributed by atoms with Gasteiger partial charge in [0, 0.05) is 6.42 Å². The first-order valence-corrected chi connectivity index (χ1v) is 6.80. The summed E-state index contributed by atoms with van der Waals surface area (Å²) in [5.74, 6) is -0.118. The minimum absolute atomic E-state index is 0. The van der Waals surface area contributed by atoms with E-state index in [1.807, 2.05) is 0 Å². The van der Waals surface area contributed by atoms with Crippen molar-refractivity contribution in [2.24, 2.45) is 0 Å². The summed E-state index contributed by atoms with van der Waals surface area (Å²) in [6.07, 6.45) is 0.536. The summed E-state index contributed by atoms with van der Waals surface area (Å²) >= 11 is 0. The van der Waals surface area contributed by atoms with E-state index in [1.54, 1.807) is 0 Å². The van der Waals surface area contributed by atoms with Crippen LogP contribution in [0.2, 0.25) is 0 Å². The van der Waals surface area contributed by atoms with Crippen molar-refractivity contribution in [3.8, 4) is 0 Å². The highest BCUT2D eigenvalue weighted by atomic mass is 32.2. The van der Waals surface area contributed by atoms with Gasteiger partial charge in [0.2, 0.25) is 0 Å². The Morgan fingerprint density at radius 2 is 1.47 bits per heavy atom. The minimum atomic E-state index is -3.78. The highest BCUT2D eigenvalue weighted by Gasteiger charge is 2.20. The van der Waals surface area contributed by atoms with Gasteiger partial charge in [0.25, 0.3) is 10.1 Å². The van der Waals surface area contributed by atoms with E-state index in [0.29, 0.717) is 6.42 Å². The molecule has 0 aromatic rings. The Hall–Kier alpha value is -0.170. The van der Waals surface area contributed by atoms with Crippen molar-refractivity contribution >= 4 is 10.1 Å². The smallest absolute Gasteiger partial charge is 0.265 e. The zero-order valence-electron chi connectivity index (χ0n) is 9.81. The summed E-state index contributed by atoms with van der Waals surface area (Å²) in [4.78, 5) is 0. The molecule has 0 atom stereocenters. The van der Waals surface area contributed by atoms with Crippen molar-refractivity contribution in [2.75, 3.05) is 31.9 Å². The third-order valence-electron chi connectivity index (χ3n) is 3.05. The first-order chi connectivity index (χ1) is 6.39. The van der Waals surface area contributed by atoms with Crippen LogP contribution in [0.25, 0.3) is 0 Å². The van der Waals surface area contributed by atoms with Gasteiger partial charge >= 0.3 is 0 Å². The standard InChI is InChI=1S/C9H21NO3S.H2O/c1-4-10(5-2,6-3)8-7-9-14(11,12)13;/h4-9H2,1-3H3;1H2. The normalized spacial score (nSPS) is 12.3. The highest BCUT2D eigenvalue weighted by molar-refractivity contribution is 7.85. The third kappa shape index (κ3) is 6.83. The molecule has 0 bridgehead atoms. The summed E-state index contributed by atoms with van der Waals surface area (Å²) in [5, 5.41) is 0. The van der Waals surface area contributed by atoms with Crippen molar-refractivity contribution in [2.45, 2.75) is 27.2 Å². The molecule has 94 valence electrons. The number of rotatable bonds is 7. The molecule has 2 N–H and O–H groups in total. The highest BCUT2D eigenvalue weighted by Crippen LogP contribution is 2.07. The van der Waals surface area contributed by atoms with Crippen LogP contribution in [0, 0.1) is 0 Å². The average molecular weight is 241 g/mol. The topological polar surface area (TPSA) is 84.4 Å². The second-order valence-electron chi connectivity index (χ2n) is 3.65. The quantitative estimate of drug-likeness (QED) is 0.531. The second kappa shape index (κ2) is 7.16. The van der Waals surface area contributed by atoms with Crippen LogP contribution in [0.1, 0.15) is 27.2 Å². The van der Waals surface area contributed by atoms with Gasteiger partial charge in [-0.25, -0.2) is 0 Å². The molecule has 0 aliphatic heterocycles. The molecule has 15 heavy (non-hydrogen) atoms. The van der Waals surface area contributed by atoms with Crippen LogP contribution in [0.15, 0.2) is 0 Å². The van der Waals surface area contributed by atoms with E-state index in [2.05, 4.69) is 20.8 Å². The van der Waals surface area contributed by atoms with Gasteiger partial charge in [0.1, 0.15) is 0 Å². The van der Waals surface area contributed by atoms with Crippen molar-refractivity contribution < 1.29 is 22.9 Å². The van der Waals surface area contributed by atoms with Crippen molar-refractivity contribution in [3.63, 3.8) is 0 Å². The summed E-state index contributed by atoms with van der Waals surface area (Å²) in [6.45, 7) is 10.2. The first-order valence-electron chi connectivity index (χ1n) is 5.19.